The fourth-order valence-electron chi connectivity index (χ4n) is 3.54. The van der Waals surface area contributed by atoms with Gasteiger partial charge in [0.15, 0.2) is 0 Å². The quantitative estimate of drug-likeness (QED) is 0.869. The minimum absolute atomic E-state index is 0.199. The van der Waals surface area contributed by atoms with Gasteiger partial charge >= 0.3 is 0 Å². The minimum atomic E-state index is 0.199. The van der Waals surface area contributed by atoms with Gasteiger partial charge in [0.05, 0.1) is 18.8 Å². The van der Waals surface area contributed by atoms with E-state index >= 15 is 0 Å². The molecule has 4 heteroatoms. The molecule has 23 heavy (non-hydrogen) atoms. The van der Waals surface area contributed by atoms with Crippen molar-refractivity contribution >= 4 is 11.6 Å². The maximum atomic E-state index is 5.44. The molecule has 0 saturated carbocycles. The largest absolute Gasteiger partial charge is 0.497 e. The summed E-state index contributed by atoms with van der Waals surface area (Å²) in [5, 5.41) is 0. The second-order valence-corrected chi connectivity index (χ2v) is 5.92. The third kappa shape index (κ3) is 2.25. The summed E-state index contributed by atoms with van der Waals surface area (Å²) >= 11 is 0. The zero-order valence-corrected chi connectivity index (χ0v) is 13.6. The number of hydrogen-bond donors (Lipinski definition) is 0. The normalized spacial score (nSPS) is 19.2. The van der Waals surface area contributed by atoms with Crippen LogP contribution in [0.25, 0.3) is 0 Å². The highest BCUT2D eigenvalue weighted by atomic mass is 16.5. The van der Waals surface area contributed by atoms with Gasteiger partial charge in [0.2, 0.25) is 5.96 Å². The van der Waals surface area contributed by atoms with Crippen molar-refractivity contribution in [2.75, 3.05) is 26.7 Å². The van der Waals surface area contributed by atoms with E-state index in [4.69, 9.17) is 9.73 Å². The summed E-state index contributed by atoms with van der Waals surface area (Å²) in [6, 6.07) is 17.1. The Morgan fingerprint density at radius 1 is 1.13 bits per heavy atom. The van der Waals surface area contributed by atoms with Gasteiger partial charge in [-0.25, -0.2) is 4.99 Å². The lowest BCUT2D eigenvalue weighted by Crippen LogP contribution is -2.38. The topological polar surface area (TPSA) is 28.1 Å². The molecule has 0 bridgehead atoms. The van der Waals surface area contributed by atoms with Crippen molar-refractivity contribution < 1.29 is 4.74 Å². The molecule has 0 aromatic heterocycles. The highest BCUT2D eigenvalue weighted by Gasteiger charge is 2.37. The molecule has 4 nitrogen and oxygen atoms in total. The Morgan fingerprint density at radius 2 is 1.96 bits per heavy atom. The zero-order chi connectivity index (χ0) is 15.8. The predicted octanol–water partition coefficient (Wildman–Crippen LogP) is 3.42. The van der Waals surface area contributed by atoms with Gasteiger partial charge in [0, 0.05) is 25.2 Å². The third-order valence-electron chi connectivity index (χ3n) is 4.71. The van der Waals surface area contributed by atoms with Crippen LogP contribution in [0.5, 0.6) is 5.75 Å². The number of aliphatic imine (C=N–C) groups is 1. The molecule has 0 aliphatic carbocycles. The van der Waals surface area contributed by atoms with Crippen LogP contribution in [0.2, 0.25) is 0 Å². The van der Waals surface area contributed by atoms with E-state index in [1.807, 2.05) is 6.07 Å². The molecule has 1 saturated heterocycles. The fraction of sp³-hybridized carbons (Fsp3) is 0.316. The van der Waals surface area contributed by atoms with Gasteiger partial charge < -0.3 is 14.5 Å². The van der Waals surface area contributed by atoms with Crippen LogP contribution >= 0.6 is 0 Å². The first-order chi connectivity index (χ1) is 11.3. The Morgan fingerprint density at radius 3 is 2.70 bits per heavy atom. The molecule has 118 valence electrons. The number of ether oxygens (including phenoxy) is 1. The Balaban J connectivity index is 1.89. The van der Waals surface area contributed by atoms with E-state index in [-0.39, 0.29) is 6.04 Å². The van der Waals surface area contributed by atoms with E-state index in [0.717, 1.165) is 37.0 Å². The second-order valence-electron chi connectivity index (χ2n) is 5.92. The van der Waals surface area contributed by atoms with Crippen LogP contribution in [0.3, 0.4) is 0 Å². The molecule has 4 rings (SSSR count). The molecule has 2 aromatic rings. The van der Waals surface area contributed by atoms with Crippen LogP contribution in [-0.4, -0.2) is 42.5 Å². The lowest BCUT2D eigenvalue weighted by Gasteiger charge is -2.35. The van der Waals surface area contributed by atoms with Crippen molar-refractivity contribution in [3.63, 3.8) is 0 Å². The molecule has 0 N–H and O–H groups in total. The van der Waals surface area contributed by atoms with Crippen LogP contribution in [0, 0.1) is 0 Å². The van der Waals surface area contributed by atoms with Crippen LogP contribution in [0.1, 0.15) is 24.1 Å². The van der Waals surface area contributed by atoms with Crippen molar-refractivity contribution in [1.82, 2.24) is 9.80 Å². The van der Waals surface area contributed by atoms with Gasteiger partial charge in [0.25, 0.3) is 0 Å². The van der Waals surface area contributed by atoms with Crippen molar-refractivity contribution in [2.24, 2.45) is 4.99 Å². The number of rotatable bonds is 3. The van der Waals surface area contributed by atoms with Gasteiger partial charge in [0.1, 0.15) is 5.75 Å². The Bertz CT molecular complexity index is 742. The Kier molecular flexibility index (Phi) is 3.45. The molecule has 2 aliphatic heterocycles. The standard InChI is InChI=1S/C19H21N3O/c1-3-21-11-12-22-18(14-7-5-4-6-8-14)16-13-15(23-2)9-10-17(16)20-19(21)22/h4-10,13,18H,3,11-12H2,1-2H3. The number of methoxy groups -OCH3 is 1. The molecule has 0 amide bonds. The van der Waals surface area contributed by atoms with Crippen molar-refractivity contribution in [1.29, 1.82) is 0 Å². The minimum Gasteiger partial charge on any atom is -0.497 e. The third-order valence-corrected chi connectivity index (χ3v) is 4.71. The van der Waals surface area contributed by atoms with E-state index in [0.29, 0.717) is 0 Å². The van der Waals surface area contributed by atoms with Crippen LogP contribution in [-0.2, 0) is 0 Å². The molecule has 2 heterocycles. The molecular formula is C19H21N3O. The smallest absolute Gasteiger partial charge is 0.202 e. The second kappa shape index (κ2) is 5.61. The number of hydrogen-bond acceptors (Lipinski definition) is 4. The number of benzene rings is 2. The van der Waals surface area contributed by atoms with Crippen molar-refractivity contribution in [3.8, 4) is 5.75 Å². The molecule has 1 fully saturated rings. The number of fused-ring (bicyclic) bond motifs is 2. The van der Waals surface area contributed by atoms with E-state index in [9.17, 15) is 0 Å². The molecule has 1 atom stereocenters. The average Bonchev–Trinajstić information content (AvgIpc) is 3.02. The van der Waals surface area contributed by atoms with E-state index in [1.165, 1.54) is 11.1 Å². The maximum Gasteiger partial charge on any atom is 0.202 e. The zero-order valence-electron chi connectivity index (χ0n) is 13.6. The molecule has 0 spiro atoms. The summed E-state index contributed by atoms with van der Waals surface area (Å²) in [6.45, 7) is 5.21. The highest BCUT2D eigenvalue weighted by molar-refractivity contribution is 5.88. The first kappa shape index (κ1) is 14.1. The number of nitrogens with zero attached hydrogens (tertiary/aromatic N) is 3. The van der Waals surface area contributed by atoms with Gasteiger partial charge in [-0.05, 0) is 30.7 Å². The van der Waals surface area contributed by atoms with E-state index in [2.05, 4.69) is 59.2 Å². The first-order valence-corrected chi connectivity index (χ1v) is 8.15. The van der Waals surface area contributed by atoms with Gasteiger partial charge in [-0.15, -0.1) is 0 Å². The number of guanidine groups is 1. The lowest BCUT2D eigenvalue weighted by molar-refractivity contribution is 0.381. The fourth-order valence-corrected chi connectivity index (χ4v) is 3.54. The Hall–Kier alpha value is -2.49. The molecular weight excluding hydrogens is 286 g/mol. The monoisotopic (exact) mass is 307 g/mol. The van der Waals surface area contributed by atoms with E-state index in [1.54, 1.807) is 7.11 Å². The van der Waals surface area contributed by atoms with Crippen LogP contribution < -0.4 is 4.74 Å². The number of likely N-dealkylation sites (N-methyl/N-ethyl adjacent to an activating group) is 1. The predicted molar refractivity (Wildman–Crippen MR) is 92.3 cm³/mol. The summed E-state index contributed by atoms with van der Waals surface area (Å²) in [6.07, 6.45) is 0. The summed E-state index contributed by atoms with van der Waals surface area (Å²) in [4.78, 5) is 9.69. The van der Waals surface area contributed by atoms with Crippen LogP contribution in [0.15, 0.2) is 53.5 Å². The van der Waals surface area contributed by atoms with Gasteiger partial charge in [-0.3, -0.25) is 0 Å². The molecule has 0 radical (unpaired) electrons. The van der Waals surface area contributed by atoms with Crippen LogP contribution in [0.4, 0.5) is 5.69 Å². The van der Waals surface area contributed by atoms with Crippen molar-refractivity contribution in [2.45, 2.75) is 13.0 Å². The van der Waals surface area contributed by atoms with Gasteiger partial charge in [-0.2, -0.15) is 0 Å². The summed E-state index contributed by atoms with van der Waals surface area (Å²) < 4.78 is 5.44. The summed E-state index contributed by atoms with van der Waals surface area (Å²) in [7, 11) is 1.71. The molecule has 1 unspecified atom stereocenters. The molecule has 2 aliphatic rings. The summed E-state index contributed by atoms with van der Waals surface area (Å²) in [5.41, 5.74) is 3.57. The lowest BCUT2D eigenvalue weighted by atomic mass is 9.94. The van der Waals surface area contributed by atoms with Crippen molar-refractivity contribution in [3.05, 3.63) is 59.7 Å². The highest BCUT2D eigenvalue weighted by Crippen LogP contribution is 2.42. The Labute approximate surface area is 137 Å². The van der Waals surface area contributed by atoms with Gasteiger partial charge in [-0.1, -0.05) is 30.3 Å². The SMILES string of the molecule is CCN1CCN2C1=Nc1ccc(OC)cc1C2c1ccccc1. The summed E-state index contributed by atoms with van der Waals surface area (Å²) in [5.74, 6) is 1.98. The molecule has 2 aromatic carbocycles. The maximum absolute atomic E-state index is 5.44. The average molecular weight is 307 g/mol. The van der Waals surface area contributed by atoms with E-state index < -0.39 is 0 Å². The first-order valence-electron chi connectivity index (χ1n) is 8.15.